The van der Waals surface area contributed by atoms with E-state index in [1.807, 2.05) is 68.1 Å². The second kappa shape index (κ2) is 10.6. The van der Waals surface area contributed by atoms with Crippen LogP contribution in [0.3, 0.4) is 0 Å². The quantitative estimate of drug-likeness (QED) is 0.365. The number of nitriles is 1. The maximum atomic E-state index is 13.6. The average Bonchev–Trinajstić information content (AvgIpc) is 2.89. The van der Waals surface area contributed by atoms with E-state index >= 15 is 0 Å². The summed E-state index contributed by atoms with van der Waals surface area (Å²) in [7, 11) is 0. The first kappa shape index (κ1) is 26.6. The van der Waals surface area contributed by atoms with Gasteiger partial charge in [0.25, 0.3) is 0 Å². The van der Waals surface area contributed by atoms with Crippen LogP contribution in [0.4, 0.5) is 5.69 Å². The molecule has 0 saturated carbocycles. The standard InChI is InChI=1S/C33H32ClN3O2/c1-19-8-11-25(12-9-19)37-28-6-5-7-29(38)32(28)31(27(17-35)33(37)36)26-16-23(20(2)14-21(26)3)18-39-30-13-10-24(34)15-22(30)4/h8-16,31H,5-7,18,36H2,1-4H3. The van der Waals surface area contributed by atoms with Crippen molar-refractivity contribution < 1.29 is 9.53 Å². The Hall–Kier alpha value is -4.01. The van der Waals surface area contributed by atoms with Crippen LogP contribution >= 0.6 is 11.6 Å². The topological polar surface area (TPSA) is 79.3 Å². The molecule has 0 aromatic heterocycles. The third kappa shape index (κ3) is 4.93. The van der Waals surface area contributed by atoms with Gasteiger partial charge >= 0.3 is 0 Å². The molecule has 5 rings (SSSR count). The van der Waals surface area contributed by atoms with E-state index in [0.717, 1.165) is 63.4 Å². The Morgan fingerprint density at radius 1 is 1.00 bits per heavy atom. The van der Waals surface area contributed by atoms with Crippen molar-refractivity contribution in [2.45, 2.75) is 59.5 Å². The number of ether oxygens (including phenoxy) is 1. The normalized spacial score (nSPS) is 17.3. The lowest BCUT2D eigenvalue weighted by Crippen LogP contribution is -2.38. The number of anilines is 1. The van der Waals surface area contributed by atoms with Crippen LogP contribution < -0.4 is 15.4 Å². The van der Waals surface area contributed by atoms with Crippen LogP contribution in [0.15, 0.2) is 77.3 Å². The summed E-state index contributed by atoms with van der Waals surface area (Å²) < 4.78 is 6.18. The molecule has 2 N–H and O–H groups in total. The molecule has 3 aromatic carbocycles. The molecule has 198 valence electrons. The molecule has 0 bridgehead atoms. The third-order valence-electron chi connectivity index (χ3n) is 7.76. The molecule has 1 heterocycles. The minimum absolute atomic E-state index is 0.0770. The summed E-state index contributed by atoms with van der Waals surface area (Å²) in [4.78, 5) is 15.5. The number of carbonyl (C=O) groups excluding carboxylic acids is 1. The molecule has 1 aliphatic carbocycles. The van der Waals surface area contributed by atoms with Crippen molar-refractivity contribution in [3.8, 4) is 11.8 Å². The number of hydrogen-bond acceptors (Lipinski definition) is 5. The van der Waals surface area contributed by atoms with E-state index in [2.05, 4.69) is 25.1 Å². The van der Waals surface area contributed by atoms with E-state index in [0.29, 0.717) is 35.0 Å². The van der Waals surface area contributed by atoms with Crippen molar-refractivity contribution in [1.29, 1.82) is 5.26 Å². The fourth-order valence-corrected chi connectivity index (χ4v) is 5.93. The maximum Gasteiger partial charge on any atom is 0.161 e. The Labute approximate surface area is 235 Å². The number of hydrogen-bond donors (Lipinski definition) is 1. The molecule has 1 unspecified atom stereocenters. The summed E-state index contributed by atoms with van der Waals surface area (Å²) in [5, 5.41) is 11.1. The highest BCUT2D eigenvalue weighted by molar-refractivity contribution is 6.30. The van der Waals surface area contributed by atoms with E-state index in [9.17, 15) is 10.1 Å². The largest absolute Gasteiger partial charge is 0.489 e. The molecule has 1 aliphatic heterocycles. The first-order valence-corrected chi connectivity index (χ1v) is 13.6. The van der Waals surface area contributed by atoms with Crippen molar-refractivity contribution in [2.24, 2.45) is 5.73 Å². The molecule has 39 heavy (non-hydrogen) atoms. The molecule has 0 amide bonds. The summed E-state index contributed by atoms with van der Waals surface area (Å²) >= 11 is 6.11. The number of halogens is 1. The van der Waals surface area contributed by atoms with Gasteiger partial charge in [-0.25, -0.2) is 0 Å². The zero-order valence-corrected chi connectivity index (χ0v) is 23.5. The number of aryl methyl sites for hydroxylation is 4. The van der Waals surface area contributed by atoms with E-state index in [4.69, 9.17) is 22.1 Å². The summed E-state index contributed by atoms with van der Waals surface area (Å²) in [5.74, 6) is 0.709. The highest BCUT2D eigenvalue weighted by Crippen LogP contribution is 2.47. The monoisotopic (exact) mass is 537 g/mol. The summed E-state index contributed by atoms with van der Waals surface area (Å²) in [5.41, 5.74) is 15.7. The Balaban J connectivity index is 1.61. The molecule has 0 radical (unpaired) electrons. The van der Waals surface area contributed by atoms with Crippen LogP contribution in [-0.4, -0.2) is 5.78 Å². The highest BCUT2D eigenvalue weighted by atomic mass is 35.5. The van der Waals surface area contributed by atoms with Gasteiger partial charge in [-0.15, -0.1) is 0 Å². The van der Waals surface area contributed by atoms with Gasteiger partial charge in [0.15, 0.2) is 5.78 Å². The molecule has 0 fully saturated rings. The number of nitrogens with two attached hydrogens (primary N) is 1. The summed E-state index contributed by atoms with van der Waals surface area (Å²) in [6, 6.07) is 20.2. The van der Waals surface area contributed by atoms with E-state index < -0.39 is 5.92 Å². The molecule has 0 spiro atoms. The molecular weight excluding hydrogens is 506 g/mol. The number of nitrogens with zero attached hydrogens (tertiary/aromatic N) is 2. The van der Waals surface area contributed by atoms with Crippen molar-refractivity contribution in [1.82, 2.24) is 0 Å². The predicted octanol–water partition coefficient (Wildman–Crippen LogP) is 7.46. The second-order valence-electron chi connectivity index (χ2n) is 10.5. The fourth-order valence-electron chi connectivity index (χ4n) is 5.70. The van der Waals surface area contributed by atoms with Gasteiger partial charge in [-0.1, -0.05) is 41.4 Å². The molecule has 5 nitrogen and oxygen atoms in total. The first-order chi connectivity index (χ1) is 18.7. The third-order valence-corrected chi connectivity index (χ3v) is 8.00. The van der Waals surface area contributed by atoms with Gasteiger partial charge in [0.05, 0.1) is 17.6 Å². The van der Waals surface area contributed by atoms with Gasteiger partial charge in [-0.3, -0.25) is 9.69 Å². The molecule has 1 atom stereocenters. The van der Waals surface area contributed by atoms with Gasteiger partial charge in [0, 0.05) is 28.4 Å². The number of Topliss-reactive ketones (excluding diaryl/α,β-unsaturated/α-hetero) is 1. The number of rotatable bonds is 5. The maximum absolute atomic E-state index is 13.6. The minimum atomic E-state index is -0.517. The second-order valence-corrected chi connectivity index (χ2v) is 10.9. The Kier molecular flexibility index (Phi) is 7.25. The van der Waals surface area contributed by atoms with Gasteiger partial charge in [-0.2, -0.15) is 5.26 Å². The zero-order valence-electron chi connectivity index (χ0n) is 22.8. The van der Waals surface area contributed by atoms with Gasteiger partial charge in [0.2, 0.25) is 0 Å². The van der Waals surface area contributed by atoms with Crippen LogP contribution in [-0.2, 0) is 11.4 Å². The SMILES string of the molecule is Cc1ccc(N2C(N)=C(C#N)C(c3cc(COc4ccc(Cl)cc4C)c(C)cc3C)C3=C2CCCC3=O)cc1. The number of carbonyl (C=O) groups is 1. The minimum Gasteiger partial charge on any atom is -0.489 e. The Morgan fingerprint density at radius 3 is 2.44 bits per heavy atom. The van der Waals surface area contributed by atoms with Crippen LogP contribution in [0.5, 0.6) is 5.75 Å². The van der Waals surface area contributed by atoms with Crippen molar-refractivity contribution in [2.75, 3.05) is 4.90 Å². The van der Waals surface area contributed by atoms with Crippen molar-refractivity contribution in [3.63, 3.8) is 0 Å². The van der Waals surface area contributed by atoms with E-state index in [1.165, 1.54) is 0 Å². The Morgan fingerprint density at radius 2 is 1.74 bits per heavy atom. The van der Waals surface area contributed by atoms with Crippen LogP contribution in [0.1, 0.15) is 58.6 Å². The van der Waals surface area contributed by atoms with E-state index in [-0.39, 0.29) is 5.78 Å². The van der Waals surface area contributed by atoms with Crippen LogP contribution in [0.25, 0.3) is 0 Å². The number of benzene rings is 3. The number of ketones is 1. The average molecular weight is 538 g/mol. The van der Waals surface area contributed by atoms with Crippen molar-refractivity contribution in [3.05, 3.63) is 116 Å². The molecule has 3 aromatic rings. The predicted molar refractivity (Wildman–Crippen MR) is 156 cm³/mol. The highest BCUT2D eigenvalue weighted by Gasteiger charge is 2.41. The van der Waals surface area contributed by atoms with Crippen LogP contribution in [0.2, 0.25) is 5.02 Å². The van der Waals surface area contributed by atoms with Crippen LogP contribution in [0, 0.1) is 39.0 Å². The van der Waals surface area contributed by atoms with Gasteiger partial charge < -0.3 is 10.5 Å². The zero-order chi connectivity index (χ0) is 27.8. The van der Waals surface area contributed by atoms with Crippen molar-refractivity contribution >= 4 is 23.1 Å². The molecule has 2 aliphatic rings. The lowest BCUT2D eigenvalue weighted by molar-refractivity contribution is -0.116. The molecule has 0 saturated heterocycles. The summed E-state index contributed by atoms with van der Waals surface area (Å²) in [6.45, 7) is 8.43. The number of allylic oxidation sites excluding steroid dienone is 3. The fraction of sp³-hybridized carbons (Fsp3) is 0.273. The van der Waals surface area contributed by atoms with Gasteiger partial charge in [0.1, 0.15) is 18.2 Å². The first-order valence-electron chi connectivity index (χ1n) is 13.2. The lowest BCUT2D eigenvalue weighted by atomic mass is 9.74. The smallest absolute Gasteiger partial charge is 0.161 e. The Bertz CT molecular complexity index is 1580. The molecule has 6 heteroatoms. The lowest BCUT2D eigenvalue weighted by Gasteiger charge is -2.40. The molecular formula is C33H32ClN3O2. The van der Waals surface area contributed by atoms with Gasteiger partial charge in [-0.05, 0) is 98.7 Å². The summed E-state index contributed by atoms with van der Waals surface area (Å²) in [6.07, 6.45) is 1.95. The van der Waals surface area contributed by atoms with E-state index in [1.54, 1.807) is 0 Å².